The summed E-state index contributed by atoms with van der Waals surface area (Å²) in [6, 6.07) is 10.0. The van der Waals surface area contributed by atoms with Crippen LogP contribution in [0.1, 0.15) is 59.2 Å². The number of aliphatic hydroxyl groups is 1. The van der Waals surface area contributed by atoms with Crippen molar-refractivity contribution in [2.24, 2.45) is 5.92 Å². The number of fused-ring (bicyclic) bond motifs is 1. The Balaban J connectivity index is 1.11. The maximum Gasteiger partial charge on any atom is 0.166 e. The standard InChI is InChI=1S/C30H35NO5/c1-34-23-7-8-24-21(16-23)15-19(28(24)33)5-3-4-13-31-14-12-30-11-10-22(32)17-26(30)36-29-25(35-2)9-6-20(18-31)27(29)30/h6-11,16,19,22,26,32H,3-5,12-15,17-18H2,1-2H3/t19?,22?,26-,30?/m1/s1. The van der Waals surface area contributed by atoms with Crippen molar-refractivity contribution >= 4 is 5.78 Å². The first-order valence-corrected chi connectivity index (χ1v) is 13.2. The lowest BCUT2D eigenvalue weighted by molar-refractivity contribution is 0.0809. The van der Waals surface area contributed by atoms with Crippen molar-refractivity contribution in [1.29, 1.82) is 0 Å². The maximum atomic E-state index is 12.9. The van der Waals surface area contributed by atoms with Crippen LogP contribution in [-0.4, -0.2) is 55.3 Å². The van der Waals surface area contributed by atoms with Crippen molar-refractivity contribution in [3.63, 3.8) is 0 Å². The largest absolute Gasteiger partial charge is 0.497 e. The van der Waals surface area contributed by atoms with Crippen LogP contribution < -0.4 is 14.2 Å². The molecule has 0 saturated carbocycles. The van der Waals surface area contributed by atoms with Gasteiger partial charge in [-0.15, -0.1) is 0 Å². The Labute approximate surface area is 212 Å². The minimum Gasteiger partial charge on any atom is -0.497 e. The van der Waals surface area contributed by atoms with Crippen molar-refractivity contribution in [2.45, 2.75) is 62.7 Å². The van der Waals surface area contributed by atoms with Crippen LogP contribution in [0.2, 0.25) is 0 Å². The zero-order chi connectivity index (χ0) is 24.9. The molecule has 0 bridgehead atoms. The van der Waals surface area contributed by atoms with Crippen LogP contribution in [-0.2, 0) is 18.4 Å². The lowest BCUT2D eigenvalue weighted by Gasteiger charge is -2.36. The summed E-state index contributed by atoms with van der Waals surface area (Å²) in [7, 11) is 3.36. The van der Waals surface area contributed by atoms with Gasteiger partial charge in [0.05, 0.1) is 25.7 Å². The summed E-state index contributed by atoms with van der Waals surface area (Å²) in [5.41, 5.74) is 4.35. The van der Waals surface area contributed by atoms with Gasteiger partial charge in [-0.2, -0.15) is 0 Å². The first kappa shape index (κ1) is 23.6. The molecule has 6 nitrogen and oxygen atoms in total. The molecule has 2 aromatic carbocycles. The van der Waals surface area contributed by atoms with E-state index in [0.717, 1.165) is 80.1 Å². The van der Waals surface area contributed by atoms with Crippen LogP contribution in [0, 0.1) is 5.92 Å². The molecule has 0 saturated heterocycles. The average molecular weight is 490 g/mol. The zero-order valence-corrected chi connectivity index (χ0v) is 21.2. The van der Waals surface area contributed by atoms with Gasteiger partial charge in [-0.3, -0.25) is 9.69 Å². The minimum absolute atomic E-state index is 0.0591. The fourth-order valence-corrected chi connectivity index (χ4v) is 6.83. The number of nitrogens with zero attached hydrogens (tertiary/aromatic N) is 1. The molecule has 4 atom stereocenters. The fraction of sp³-hybridized carbons (Fsp3) is 0.500. The van der Waals surface area contributed by atoms with E-state index >= 15 is 0 Å². The van der Waals surface area contributed by atoms with Crippen molar-refractivity contribution in [3.8, 4) is 17.2 Å². The predicted octanol–water partition coefficient (Wildman–Crippen LogP) is 4.45. The van der Waals surface area contributed by atoms with E-state index < -0.39 is 6.10 Å². The van der Waals surface area contributed by atoms with Crippen LogP contribution in [0.15, 0.2) is 42.5 Å². The van der Waals surface area contributed by atoms with E-state index in [4.69, 9.17) is 14.2 Å². The molecular weight excluding hydrogens is 454 g/mol. The molecule has 3 unspecified atom stereocenters. The molecule has 4 aliphatic rings. The third-order valence-corrected chi connectivity index (χ3v) is 8.73. The molecule has 0 fully saturated rings. The Morgan fingerprint density at radius 1 is 1.14 bits per heavy atom. The highest BCUT2D eigenvalue weighted by atomic mass is 16.5. The number of ketones is 1. The number of hydrogen-bond donors (Lipinski definition) is 1. The molecule has 0 radical (unpaired) electrons. The molecule has 2 aromatic rings. The summed E-state index contributed by atoms with van der Waals surface area (Å²) in [6.45, 7) is 2.87. The highest BCUT2D eigenvalue weighted by Gasteiger charge is 2.52. The SMILES string of the molecule is COc1ccc2c(c1)CC(CCCCN1CCC34C=CC(O)C[C@H]3Oc3c(OC)ccc(c34)C1)C2=O. The summed E-state index contributed by atoms with van der Waals surface area (Å²) in [6.07, 6.45) is 9.07. The molecule has 0 aromatic heterocycles. The maximum absolute atomic E-state index is 12.9. The van der Waals surface area contributed by atoms with Crippen molar-refractivity contribution in [3.05, 3.63) is 64.7 Å². The lowest BCUT2D eigenvalue weighted by Crippen LogP contribution is -2.43. The Morgan fingerprint density at radius 2 is 2.03 bits per heavy atom. The second-order valence-corrected chi connectivity index (χ2v) is 10.8. The van der Waals surface area contributed by atoms with Gasteiger partial charge in [0.15, 0.2) is 17.3 Å². The summed E-state index contributed by atoms with van der Waals surface area (Å²) < 4.78 is 17.4. The molecule has 190 valence electrons. The molecule has 6 heteroatoms. The Morgan fingerprint density at radius 3 is 2.86 bits per heavy atom. The van der Waals surface area contributed by atoms with E-state index in [2.05, 4.69) is 17.0 Å². The first-order chi connectivity index (χ1) is 17.5. The van der Waals surface area contributed by atoms with Crippen molar-refractivity contribution in [2.75, 3.05) is 27.3 Å². The minimum atomic E-state index is -0.464. The van der Waals surface area contributed by atoms with Gasteiger partial charge >= 0.3 is 0 Å². The average Bonchev–Trinajstić information content (AvgIpc) is 3.33. The van der Waals surface area contributed by atoms with Gasteiger partial charge in [0.25, 0.3) is 0 Å². The first-order valence-electron chi connectivity index (χ1n) is 13.2. The van der Waals surface area contributed by atoms with Gasteiger partial charge in [-0.1, -0.05) is 24.6 Å². The second kappa shape index (κ2) is 9.24. The number of carbonyl (C=O) groups is 1. The third kappa shape index (κ3) is 3.82. The number of Topliss-reactive ketones (excluding diaryl/α,β-unsaturated/α-hetero) is 1. The molecule has 0 amide bonds. The number of aliphatic hydroxyl groups excluding tert-OH is 1. The van der Waals surface area contributed by atoms with Gasteiger partial charge in [-0.25, -0.2) is 0 Å². The predicted molar refractivity (Wildman–Crippen MR) is 137 cm³/mol. The summed E-state index contributed by atoms with van der Waals surface area (Å²) >= 11 is 0. The molecular formula is C30H35NO5. The molecule has 1 N–H and O–H groups in total. The highest BCUT2D eigenvalue weighted by molar-refractivity contribution is 6.02. The number of hydrogen-bond acceptors (Lipinski definition) is 6. The molecule has 1 spiro atoms. The van der Waals surface area contributed by atoms with Crippen molar-refractivity contribution in [1.82, 2.24) is 4.90 Å². The topological polar surface area (TPSA) is 68.2 Å². The van der Waals surface area contributed by atoms with Gasteiger partial charge in [0, 0.05) is 30.0 Å². The van der Waals surface area contributed by atoms with E-state index in [0.29, 0.717) is 12.2 Å². The number of methoxy groups -OCH3 is 2. The van der Waals surface area contributed by atoms with E-state index in [-0.39, 0.29) is 17.4 Å². The molecule has 6 rings (SSSR count). The highest BCUT2D eigenvalue weighted by Crippen LogP contribution is 2.55. The third-order valence-electron chi connectivity index (χ3n) is 8.73. The second-order valence-electron chi connectivity index (χ2n) is 10.8. The van der Waals surface area contributed by atoms with Crippen LogP contribution in [0.25, 0.3) is 0 Å². The summed E-state index contributed by atoms with van der Waals surface area (Å²) in [5, 5.41) is 10.3. The lowest BCUT2D eigenvalue weighted by atomic mass is 9.69. The van der Waals surface area contributed by atoms with Gasteiger partial charge in [-0.05, 0) is 74.2 Å². The molecule has 2 aliphatic carbocycles. The Bertz CT molecular complexity index is 1210. The number of ether oxygens (including phenoxy) is 3. The number of carbonyl (C=O) groups excluding carboxylic acids is 1. The molecule has 2 aliphatic heterocycles. The number of unbranched alkanes of at least 4 members (excludes halogenated alkanes) is 1. The summed E-state index contributed by atoms with van der Waals surface area (Å²) in [5.74, 6) is 2.84. The Kier molecular flexibility index (Phi) is 6.05. The van der Waals surface area contributed by atoms with E-state index in [1.54, 1.807) is 14.2 Å². The van der Waals surface area contributed by atoms with Gasteiger partial charge in [0.2, 0.25) is 0 Å². The van der Waals surface area contributed by atoms with Gasteiger partial charge < -0.3 is 19.3 Å². The smallest absolute Gasteiger partial charge is 0.166 e. The molecule has 36 heavy (non-hydrogen) atoms. The number of rotatable bonds is 7. The normalized spacial score (nSPS) is 28.2. The Hall–Kier alpha value is -2.83. The van der Waals surface area contributed by atoms with Crippen LogP contribution >= 0.6 is 0 Å². The molecule has 2 heterocycles. The van der Waals surface area contributed by atoms with Crippen molar-refractivity contribution < 1.29 is 24.1 Å². The van der Waals surface area contributed by atoms with E-state index in [9.17, 15) is 9.90 Å². The van der Waals surface area contributed by atoms with Crippen LogP contribution in [0.4, 0.5) is 0 Å². The quantitative estimate of drug-likeness (QED) is 0.458. The van der Waals surface area contributed by atoms with E-state index in [1.165, 1.54) is 11.1 Å². The zero-order valence-electron chi connectivity index (χ0n) is 21.2. The van der Waals surface area contributed by atoms with Gasteiger partial charge in [0.1, 0.15) is 11.9 Å². The van der Waals surface area contributed by atoms with E-state index in [1.807, 2.05) is 30.3 Å². The van der Waals surface area contributed by atoms with Crippen LogP contribution in [0.3, 0.4) is 0 Å². The van der Waals surface area contributed by atoms with Crippen LogP contribution in [0.5, 0.6) is 17.2 Å². The number of benzene rings is 2. The summed E-state index contributed by atoms with van der Waals surface area (Å²) in [4.78, 5) is 15.4. The monoisotopic (exact) mass is 489 g/mol. The fourth-order valence-electron chi connectivity index (χ4n) is 6.83.